The van der Waals surface area contributed by atoms with E-state index in [0.29, 0.717) is 5.82 Å². The van der Waals surface area contributed by atoms with Crippen molar-refractivity contribution >= 4 is 11.8 Å². The fourth-order valence-electron chi connectivity index (χ4n) is 1.53. The number of likely N-dealkylation sites (N-methyl/N-ethyl adjacent to an activating group) is 1. The van der Waals surface area contributed by atoms with Gasteiger partial charge in [0.15, 0.2) is 5.69 Å². The summed E-state index contributed by atoms with van der Waals surface area (Å²) in [5.41, 5.74) is 0.0674. The lowest BCUT2D eigenvalue weighted by atomic mass is 10.3. The molecular formula is C12H19N3O2. The summed E-state index contributed by atoms with van der Waals surface area (Å²) >= 11 is 0. The van der Waals surface area contributed by atoms with E-state index in [-0.39, 0.29) is 5.69 Å². The molecule has 0 aliphatic heterocycles. The first-order valence-corrected chi connectivity index (χ1v) is 5.84. The number of hydrogen-bond acceptors (Lipinski definition) is 4. The van der Waals surface area contributed by atoms with Crippen LogP contribution in [0.4, 0.5) is 5.82 Å². The summed E-state index contributed by atoms with van der Waals surface area (Å²) in [6, 6.07) is 4.95. The lowest BCUT2D eigenvalue weighted by molar-refractivity contribution is 0.0690. The molecule has 0 unspecified atom stereocenters. The number of anilines is 1. The van der Waals surface area contributed by atoms with E-state index < -0.39 is 5.97 Å². The molecule has 1 rings (SSSR count). The van der Waals surface area contributed by atoms with E-state index in [1.165, 1.54) is 6.07 Å². The number of carboxylic acids is 1. The highest BCUT2D eigenvalue weighted by atomic mass is 16.4. The third kappa shape index (κ3) is 4.40. The molecule has 17 heavy (non-hydrogen) atoms. The summed E-state index contributed by atoms with van der Waals surface area (Å²) in [7, 11) is 0. The zero-order valence-electron chi connectivity index (χ0n) is 10.3. The van der Waals surface area contributed by atoms with Gasteiger partial charge in [0.05, 0.1) is 0 Å². The number of carbonyl (C=O) groups is 1. The Labute approximate surface area is 101 Å². The molecule has 0 amide bonds. The highest BCUT2D eigenvalue weighted by Crippen LogP contribution is 2.04. The SMILES string of the molecule is CCN(CC)CCNc1cccc(C(=O)O)n1. The number of nitrogens with zero attached hydrogens (tertiary/aromatic N) is 2. The van der Waals surface area contributed by atoms with Crippen LogP contribution in [0.5, 0.6) is 0 Å². The topological polar surface area (TPSA) is 65.5 Å². The van der Waals surface area contributed by atoms with Gasteiger partial charge < -0.3 is 15.3 Å². The number of aromatic carboxylic acids is 1. The Morgan fingerprint density at radius 1 is 1.41 bits per heavy atom. The van der Waals surface area contributed by atoms with E-state index >= 15 is 0 Å². The van der Waals surface area contributed by atoms with Crippen LogP contribution in [0, 0.1) is 0 Å². The molecular weight excluding hydrogens is 218 g/mol. The average molecular weight is 237 g/mol. The molecule has 1 heterocycles. The molecule has 1 aromatic rings. The quantitative estimate of drug-likeness (QED) is 0.753. The molecule has 0 aromatic carbocycles. The van der Waals surface area contributed by atoms with Gasteiger partial charge in [-0.05, 0) is 25.2 Å². The summed E-state index contributed by atoms with van der Waals surface area (Å²) < 4.78 is 0. The minimum absolute atomic E-state index is 0.0674. The van der Waals surface area contributed by atoms with Crippen LogP contribution in [0.25, 0.3) is 0 Å². The molecule has 0 saturated heterocycles. The number of aromatic nitrogens is 1. The minimum atomic E-state index is -1.00. The Balaban J connectivity index is 2.46. The van der Waals surface area contributed by atoms with Crippen LogP contribution in [-0.4, -0.2) is 47.1 Å². The smallest absolute Gasteiger partial charge is 0.354 e. The number of pyridine rings is 1. The third-order valence-electron chi connectivity index (χ3n) is 2.60. The average Bonchev–Trinajstić information content (AvgIpc) is 2.35. The van der Waals surface area contributed by atoms with E-state index in [1.807, 2.05) is 0 Å². The fourth-order valence-corrected chi connectivity index (χ4v) is 1.53. The maximum Gasteiger partial charge on any atom is 0.354 e. The predicted octanol–water partition coefficient (Wildman–Crippen LogP) is 1.53. The summed E-state index contributed by atoms with van der Waals surface area (Å²) in [6.45, 7) is 7.95. The third-order valence-corrected chi connectivity index (χ3v) is 2.60. The van der Waals surface area contributed by atoms with Crippen molar-refractivity contribution < 1.29 is 9.90 Å². The molecule has 0 saturated carbocycles. The van der Waals surface area contributed by atoms with Crippen LogP contribution < -0.4 is 5.32 Å². The molecule has 94 valence electrons. The van der Waals surface area contributed by atoms with Crippen LogP contribution in [0.15, 0.2) is 18.2 Å². The summed E-state index contributed by atoms with van der Waals surface area (Å²) in [5, 5.41) is 11.9. The van der Waals surface area contributed by atoms with Crippen molar-refractivity contribution in [2.45, 2.75) is 13.8 Å². The van der Waals surface area contributed by atoms with Crippen molar-refractivity contribution in [3.05, 3.63) is 23.9 Å². The van der Waals surface area contributed by atoms with Gasteiger partial charge in [0.2, 0.25) is 0 Å². The van der Waals surface area contributed by atoms with Gasteiger partial charge in [-0.1, -0.05) is 19.9 Å². The van der Waals surface area contributed by atoms with E-state index in [9.17, 15) is 4.79 Å². The van der Waals surface area contributed by atoms with Crippen molar-refractivity contribution in [3.8, 4) is 0 Å². The first-order chi connectivity index (χ1) is 8.17. The Hall–Kier alpha value is -1.62. The van der Waals surface area contributed by atoms with Crippen molar-refractivity contribution in [2.24, 2.45) is 0 Å². The van der Waals surface area contributed by atoms with Crippen molar-refractivity contribution in [1.29, 1.82) is 0 Å². The van der Waals surface area contributed by atoms with Gasteiger partial charge in [-0.25, -0.2) is 9.78 Å². The second kappa shape index (κ2) is 6.85. The number of nitrogens with one attached hydrogen (secondary N) is 1. The zero-order chi connectivity index (χ0) is 12.7. The zero-order valence-corrected chi connectivity index (χ0v) is 10.3. The molecule has 1 aromatic heterocycles. The lowest BCUT2D eigenvalue weighted by Crippen LogP contribution is -2.28. The molecule has 0 aliphatic carbocycles. The Morgan fingerprint density at radius 2 is 2.12 bits per heavy atom. The first-order valence-electron chi connectivity index (χ1n) is 5.84. The standard InChI is InChI=1S/C12H19N3O2/c1-3-15(4-2)9-8-13-11-7-5-6-10(14-11)12(16)17/h5-7H,3-4,8-9H2,1-2H3,(H,13,14)(H,16,17). The second-order valence-corrected chi connectivity index (χ2v) is 3.67. The summed E-state index contributed by atoms with van der Waals surface area (Å²) in [4.78, 5) is 17.0. The normalized spacial score (nSPS) is 10.5. The number of carboxylic acid groups (broad SMARTS) is 1. The molecule has 0 radical (unpaired) electrons. The lowest BCUT2D eigenvalue weighted by Gasteiger charge is -2.18. The first kappa shape index (κ1) is 13.4. The monoisotopic (exact) mass is 237 g/mol. The van der Waals surface area contributed by atoms with Crippen molar-refractivity contribution in [2.75, 3.05) is 31.5 Å². The molecule has 0 fully saturated rings. The Bertz CT molecular complexity index is 365. The molecule has 0 aliphatic rings. The van der Waals surface area contributed by atoms with Gasteiger partial charge in [-0.15, -0.1) is 0 Å². The largest absolute Gasteiger partial charge is 0.477 e. The minimum Gasteiger partial charge on any atom is -0.477 e. The molecule has 0 atom stereocenters. The maximum atomic E-state index is 10.7. The van der Waals surface area contributed by atoms with Crippen molar-refractivity contribution in [3.63, 3.8) is 0 Å². The maximum absolute atomic E-state index is 10.7. The van der Waals surface area contributed by atoms with Crippen LogP contribution in [-0.2, 0) is 0 Å². The van der Waals surface area contributed by atoms with E-state index in [1.54, 1.807) is 12.1 Å². The molecule has 5 nitrogen and oxygen atoms in total. The second-order valence-electron chi connectivity index (χ2n) is 3.67. The number of rotatable bonds is 7. The van der Waals surface area contributed by atoms with Gasteiger partial charge in [0, 0.05) is 13.1 Å². The van der Waals surface area contributed by atoms with E-state index in [4.69, 9.17) is 5.11 Å². The Kier molecular flexibility index (Phi) is 5.42. The van der Waals surface area contributed by atoms with Gasteiger partial charge in [-0.2, -0.15) is 0 Å². The van der Waals surface area contributed by atoms with E-state index in [0.717, 1.165) is 26.2 Å². The highest BCUT2D eigenvalue weighted by molar-refractivity contribution is 5.85. The van der Waals surface area contributed by atoms with Gasteiger partial charge >= 0.3 is 5.97 Å². The molecule has 0 bridgehead atoms. The summed E-state index contributed by atoms with van der Waals surface area (Å²) in [6.07, 6.45) is 0. The van der Waals surface area contributed by atoms with Crippen LogP contribution in [0.1, 0.15) is 24.3 Å². The van der Waals surface area contributed by atoms with Crippen LogP contribution >= 0.6 is 0 Å². The predicted molar refractivity (Wildman–Crippen MR) is 67.5 cm³/mol. The van der Waals surface area contributed by atoms with Crippen molar-refractivity contribution in [1.82, 2.24) is 9.88 Å². The van der Waals surface area contributed by atoms with Gasteiger partial charge in [0.25, 0.3) is 0 Å². The fraction of sp³-hybridized carbons (Fsp3) is 0.500. The summed E-state index contributed by atoms with van der Waals surface area (Å²) in [5.74, 6) is -0.394. The van der Waals surface area contributed by atoms with Crippen LogP contribution in [0.2, 0.25) is 0 Å². The highest BCUT2D eigenvalue weighted by Gasteiger charge is 2.04. The van der Waals surface area contributed by atoms with E-state index in [2.05, 4.69) is 29.0 Å². The molecule has 5 heteroatoms. The molecule has 2 N–H and O–H groups in total. The van der Waals surface area contributed by atoms with Gasteiger partial charge in [-0.3, -0.25) is 0 Å². The van der Waals surface area contributed by atoms with Crippen LogP contribution in [0.3, 0.4) is 0 Å². The van der Waals surface area contributed by atoms with Gasteiger partial charge in [0.1, 0.15) is 5.82 Å². The Morgan fingerprint density at radius 3 is 2.71 bits per heavy atom. The molecule has 0 spiro atoms. The number of hydrogen-bond donors (Lipinski definition) is 2.